The lowest BCUT2D eigenvalue weighted by Crippen LogP contribution is -2.18. The summed E-state index contributed by atoms with van der Waals surface area (Å²) in [4.78, 5) is 18.9. The second kappa shape index (κ2) is 6.24. The van der Waals surface area contributed by atoms with Crippen molar-refractivity contribution in [2.75, 3.05) is 18.5 Å². The van der Waals surface area contributed by atoms with Crippen molar-refractivity contribution in [2.45, 2.75) is 37.9 Å². The van der Waals surface area contributed by atoms with Gasteiger partial charge in [0.25, 0.3) is 5.56 Å². The Morgan fingerprint density at radius 1 is 1.50 bits per heavy atom. The van der Waals surface area contributed by atoms with E-state index in [4.69, 9.17) is 4.74 Å². The zero-order valence-corrected chi connectivity index (χ0v) is 11.6. The first-order chi connectivity index (χ1) is 8.66. The highest BCUT2D eigenvalue weighted by molar-refractivity contribution is 7.98. The van der Waals surface area contributed by atoms with Crippen molar-refractivity contribution < 1.29 is 4.74 Å². The molecule has 100 valence electrons. The zero-order valence-electron chi connectivity index (χ0n) is 10.8. The molecule has 1 aliphatic heterocycles. The molecule has 1 aliphatic rings. The fraction of sp³-hybridized carbons (Fsp3) is 0.667. The fourth-order valence-electron chi connectivity index (χ4n) is 1.74. The molecule has 1 aromatic rings. The smallest absolute Gasteiger partial charge is 0.256 e. The van der Waals surface area contributed by atoms with E-state index in [0.717, 1.165) is 42.3 Å². The van der Waals surface area contributed by atoms with Gasteiger partial charge < -0.3 is 10.1 Å². The van der Waals surface area contributed by atoms with Crippen LogP contribution in [0.1, 0.15) is 31.5 Å². The number of rotatable bonds is 6. The van der Waals surface area contributed by atoms with Crippen molar-refractivity contribution in [3.8, 4) is 0 Å². The van der Waals surface area contributed by atoms with E-state index in [-0.39, 0.29) is 11.7 Å². The third kappa shape index (κ3) is 3.49. The Balaban J connectivity index is 1.83. The van der Waals surface area contributed by atoms with Crippen molar-refractivity contribution in [1.29, 1.82) is 0 Å². The number of hydrogen-bond acceptors (Lipinski definition) is 5. The highest BCUT2D eigenvalue weighted by atomic mass is 32.2. The maximum Gasteiger partial charge on any atom is 0.256 e. The molecule has 18 heavy (non-hydrogen) atoms. The SMILES string of the molecule is CC(C)OCCCNc1nc2c(c(=O)[nH]1)CSC2. The topological polar surface area (TPSA) is 67.0 Å². The average molecular weight is 269 g/mol. The molecule has 0 aliphatic carbocycles. The van der Waals surface area contributed by atoms with Gasteiger partial charge in [0.15, 0.2) is 0 Å². The number of nitrogens with zero attached hydrogens (tertiary/aromatic N) is 1. The number of ether oxygens (including phenoxy) is 1. The van der Waals surface area contributed by atoms with E-state index < -0.39 is 0 Å². The van der Waals surface area contributed by atoms with Crippen LogP contribution in [-0.4, -0.2) is 29.2 Å². The molecule has 0 bridgehead atoms. The van der Waals surface area contributed by atoms with Crippen LogP contribution in [0.15, 0.2) is 4.79 Å². The van der Waals surface area contributed by atoms with Gasteiger partial charge in [0.05, 0.1) is 11.8 Å². The minimum absolute atomic E-state index is 0.00840. The Bertz CT molecular complexity index is 459. The molecule has 6 heteroatoms. The number of fused-ring (bicyclic) bond motifs is 1. The Morgan fingerprint density at radius 2 is 2.33 bits per heavy atom. The van der Waals surface area contributed by atoms with Crippen molar-refractivity contribution in [2.24, 2.45) is 0 Å². The van der Waals surface area contributed by atoms with Gasteiger partial charge in [0, 0.05) is 30.2 Å². The fourth-order valence-corrected chi connectivity index (χ4v) is 2.78. The van der Waals surface area contributed by atoms with Crippen LogP contribution in [0.25, 0.3) is 0 Å². The summed E-state index contributed by atoms with van der Waals surface area (Å²) in [7, 11) is 0. The molecule has 1 aromatic heterocycles. The highest BCUT2D eigenvalue weighted by Gasteiger charge is 2.17. The Kier molecular flexibility index (Phi) is 4.66. The third-order valence-corrected chi connectivity index (χ3v) is 3.62. The largest absolute Gasteiger partial charge is 0.379 e. The normalized spacial score (nSPS) is 13.9. The number of H-pyrrole nitrogens is 1. The maximum absolute atomic E-state index is 11.7. The Labute approximate surface area is 111 Å². The van der Waals surface area contributed by atoms with Gasteiger partial charge in [-0.1, -0.05) is 0 Å². The molecule has 2 rings (SSSR count). The van der Waals surface area contributed by atoms with Gasteiger partial charge in [-0.2, -0.15) is 11.8 Å². The summed E-state index contributed by atoms with van der Waals surface area (Å²) in [6, 6.07) is 0. The lowest BCUT2D eigenvalue weighted by Gasteiger charge is -2.09. The molecule has 0 saturated heterocycles. The van der Waals surface area contributed by atoms with E-state index in [1.165, 1.54) is 0 Å². The van der Waals surface area contributed by atoms with Crippen molar-refractivity contribution in [3.05, 3.63) is 21.6 Å². The van der Waals surface area contributed by atoms with Gasteiger partial charge in [0.1, 0.15) is 0 Å². The monoisotopic (exact) mass is 269 g/mol. The lowest BCUT2D eigenvalue weighted by molar-refractivity contribution is 0.0787. The second-order valence-electron chi connectivity index (χ2n) is 4.53. The third-order valence-electron chi connectivity index (χ3n) is 2.65. The molecule has 0 fully saturated rings. The first-order valence-electron chi connectivity index (χ1n) is 6.22. The molecular formula is C12H19N3O2S. The molecule has 0 amide bonds. The summed E-state index contributed by atoms with van der Waals surface area (Å²) in [5.41, 5.74) is 1.74. The van der Waals surface area contributed by atoms with Gasteiger partial charge in [-0.05, 0) is 20.3 Å². The van der Waals surface area contributed by atoms with E-state index in [2.05, 4.69) is 15.3 Å². The summed E-state index contributed by atoms with van der Waals surface area (Å²) in [5, 5.41) is 3.13. The number of aromatic nitrogens is 2. The predicted octanol–water partition coefficient (Wildman–Crippen LogP) is 1.74. The van der Waals surface area contributed by atoms with Gasteiger partial charge in [-0.3, -0.25) is 9.78 Å². The number of thioether (sulfide) groups is 1. The van der Waals surface area contributed by atoms with Crippen LogP contribution in [-0.2, 0) is 16.2 Å². The summed E-state index contributed by atoms with van der Waals surface area (Å²) in [6.45, 7) is 5.51. The Hall–Kier alpha value is -1.01. The van der Waals surface area contributed by atoms with Crippen LogP contribution in [0, 0.1) is 0 Å². The minimum atomic E-state index is -0.00840. The molecule has 2 N–H and O–H groups in total. The summed E-state index contributed by atoms with van der Waals surface area (Å²) in [5.74, 6) is 2.19. The molecule has 2 heterocycles. The lowest BCUT2D eigenvalue weighted by atomic mass is 10.3. The molecule has 0 radical (unpaired) electrons. The van der Waals surface area contributed by atoms with Crippen LogP contribution < -0.4 is 10.9 Å². The van der Waals surface area contributed by atoms with Gasteiger partial charge in [-0.25, -0.2) is 4.98 Å². The molecule has 0 spiro atoms. The predicted molar refractivity (Wildman–Crippen MR) is 74.1 cm³/mol. The summed E-state index contributed by atoms with van der Waals surface area (Å²) in [6.07, 6.45) is 1.16. The van der Waals surface area contributed by atoms with Crippen LogP contribution >= 0.6 is 11.8 Å². The van der Waals surface area contributed by atoms with Crippen LogP contribution in [0.2, 0.25) is 0 Å². The molecule has 0 saturated carbocycles. The number of anilines is 1. The maximum atomic E-state index is 11.7. The first-order valence-corrected chi connectivity index (χ1v) is 7.37. The van der Waals surface area contributed by atoms with E-state index >= 15 is 0 Å². The zero-order chi connectivity index (χ0) is 13.0. The molecule has 5 nitrogen and oxygen atoms in total. The minimum Gasteiger partial charge on any atom is -0.379 e. The number of aromatic amines is 1. The Morgan fingerprint density at radius 3 is 3.11 bits per heavy atom. The van der Waals surface area contributed by atoms with Crippen LogP contribution in [0.3, 0.4) is 0 Å². The van der Waals surface area contributed by atoms with E-state index in [9.17, 15) is 4.79 Å². The quantitative estimate of drug-likeness (QED) is 0.770. The van der Waals surface area contributed by atoms with E-state index in [1.807, 2.05) is 13.8 Å². The van der Waals surface area contributed by atoms with Gasteiger partial charge in [-0.15, -0.1) is 0 Å². The average Bonchev–Trinajstić information content (AvgIpc) is 2.77. The van der Waals surface area contributed by atoms with Crippen LogP contribution in [0.4, 0.5) is 5.95 Å². The first kappa shape index (κ1) is 13.4. The highest BCUT2D eigenvalue weighted by Crippen LogP contribution is 2.25. The second-order valence-corrected chi connectivity index (χ2v) is 5.52. The summed E-state index contributed by atoms with van der Waals surface area (Å²) < 4.78 is 5.44. The number of nitrogens with one attached hydrogen (secondary N) is 2. The standard InChI is InChI=1S/C12H19N3O2S/c1-8(2)17-5-3-4-13-12-14-10-7-18-6-9(10)11(16)15-12/h8H,3-7H2,1-2H3,(H2,13,14,15,16). The van der Waals surface area contributed by atoms with E-state index in [1.54, 1.807) is 11.8 Å². The van der Waals surface area contributed by atoms with Crippen molar-refractivity contribution in [3.63, 3.8) is 0 Å². The van der Waals surface area contributed by atoms with Gasteiger partial charge in [0.2, 0.25) is 5.95 Å². The van der Waals surface area contributed by atoms with Crippen molar-refractivity contribution in [1.82, 2.24) is 9.97 Å². The molecule has 0 unspecified atom stereocenters. The molecule has 0 aromatic carbocycles. The summed E-state index contributed by atoms with van der Waals surface area (Å²) >= 11 is 1.73. The van der Waals surface area contributed by atoms with Gasteiger partial charge >= 0.3 is 0 Å². The van der Waals surface area contributed by atoms with E-state index in [0.29, 0.717) is 5.95 Å². The molecule has 0 atom stereocenters. The molecular weight excluding hydrogens is 250 g/mol. The number of hydrogen-bond donors (Lipinski definition) is 2. The van der Waals surface area contributed by atoms with Crippen molar-refractivity contribution >= 4 is 17.7 Å². The van der Waals surface area contributed by atoms with Crippen LogP contribution in [0.5, 0.6) is 0 Å².